The van der Waals surface area contributed by atoms with Gasteiger partial charge in [0, 0.05) is 24.7 Å². The number of H-pyrrole nitrogens is 1. The molecule has 0 spiro atoms. The van der Waals surface area contributed by atoms with Crippen LogP contribution in [0.5, 0.6) is 0 Å². The van der Waals surface area contributed by atoms with Gasteiger partial charge >= 0.3 is 11.9 Å². The zero-order valence-electron chi connectivity index (χ0n) is 21.6. The maximum atomic E-state index is 12.6. The number of carbonyl (C=O) groups is 5. The van der Waals surface area contributed by atoms with Crippen molar-refractivity contribution in [2.24, 2.45) is 0 Å². The summed E-state index contributed by atoms with van der Waals surface area (Å²) < 4.78 is 0. The summed E-state index contributed by atoms with van der Waals surface area (Å²) in [6.45, 7) is 0.189. The first kappa shape index (κ1) is 29.9. The van der Waals surface area contributed by atoms with Crippen LogP contribution >= 0.6 is 0 Å². The molecule has 0 fully saturated rings. The number of aromatic amines is 1. The molecule has 0 saturated heterocycles. The van der Waals surface area contributed by atoms with Crippen LogP contribution in [0.4, 0.5) is 11.6 Å². The zero-order chi connectivity index (χ0) is 30.1. The van der Waals surface area contributed by atoms with Crippen molar-refractivity contribution in [3.05, 3.63) is 52.1 Å². The molecule has 2 atom stereocenters. The standard InChI is InChI=1S/C24H27N9O8/c1-26-21(38)15(8-17(35)36)30-16(34)7-6-14(23(40)41)31-20(37)11-2-4-12(5-3-11)27-9-13-10-28-19-18(29-13)22(39)33-24(25)32-19/h2-5,10,14-15,27H,6-9H2,1H3,(H,26,38)(H,30,34)(H,31,37)(H,35,36)(H,40,41)(H3,25,28,32,33,39)/t14-,15-/m0/s1. The van der Waals surface area contributed by atoms with Gasteiger partial charge in [0.1, 0.15) is 12.1 Å². The molecule has 3 aromatic rings. The third-order valence-electron chi connectivity index (χ3n) is 5.65. The Labute approximate surface area is 231 Å². The zero-order valence-corrected chi connectivity index (χ0v) is 21.6. The fourth-order valence-electron chi connectivity index (χ4n) is 3.59. The number of hydrogen-bond acceptors (Lipinski definition) is 11. The van der Waals surface area contributed by atoms with E-state index in [4.69, 9.17) is 10.8 Å². The number of aromatic nitrogens is 4. The van der Waals surface area contributed by atoms with E-state index in [1.807, 2.05) is 0 Å². The molecule has 41 heavy (non-hydrogen) atoms. The van der Waals surface area contributed by atoms with E-state index in [-0.39, 0.29) is 42.1 Å². The van der Waals surface area contributed by atoms with Gasteiger partial charge in [0.05, 0.1) is 24.9 Å². The summed E-state index contributed by atoms with van der Waals surface area (Å²) in [5.74, 6) is -4.94. The van der Waals surface area contributed by atoms with Crippen molar-refractivity contribution < 1.29 is 34.2 Å². The highest BCUT2D eigenvalue weighted by molar-refractivity contribution is 5.97. The molecule has 2 heterocycles. The highest BCUT2D eigenvalue weighted by Gasteiger charge is 2.25. The Kier molecular flexibility index (Phi) is 9.82. The van der Waals surface area contributed by atoms with E-state index in [0.717, 1.165) is 0 Å². The molecule has 3 amide bonds. The smallest absolute Gasteiger partial charge is 0.326 e. The van der Waals surface area contributed by atoms with Gasteiger partial charge in [0.2, 0.25) is 17.8 Å². The molecule has 1 aromatic carbocycles. The highest BCUT2D eigenvalue weighted by Crippen LogP contribution is 2.12. The van der Waals surface area contributed by atoms with Crippen LogP contribution in [0, 0.1) is 0 Å². The molecule has 0 saturated carbocycles. The normalized spacial score (nSPS) is 12.1. The molecule has 17 heteroatoms. The molecule has 216 valence electrons. The molecular formula is C24H27N9O8. The van der Waals surface area contributed by atoms with E-state index in [1.54, 1.807) is 12.1 Å². The fraction of sp³-hybridized carbons (Fsp3) is 0.292. The number of benzene rings is 1. The van der Waals surface area contributed by atoms with Crippen LogP contribution in [0.1, 0.15) is 35.3 Å². The van der Waals surface area contributed by atoms with Crippen molar-refractivity contribution in [3.8, 4) is 0 Å². The first-order valence-electron chi connectivity index (χ1n) is 12.1. The van der Waals surface area contributed by atoms with E-state index in [1.165, 1.54) is 25.4 Å². The van der Waals surface area contributed by atoms with Crippen LogP contribution in [-0.2, 0) is 25.7 Å². The summed E-state index contributed by atoms with van der Waals surface area (Å²) in [7, 11) is 1.28. The summed E-state index contributed by atoms with van der Waals surface area (Å²) in [4.78, 5) is 85.7. The van der Waals surface area contributed by atoms with Gasteiger partial charge in [0.15, 0.2) is 11.2 Å². The third-order valence-corrected chi connectivity index (χ3v) is 5.65. The minimum absolute atomic E-state index is 0.0301. The monoisotopic (exact) mass is 569 g/mol. The van der Waals surface area contributed by atoms with Gasteiger partial charge in [-0.25, -0.2) is 14.8 Å². The Morgan fingerprint density at radius 2 is 1.73 bits per heavy atom. The number of rotatable bonds is 13. The van der Waals surface area contributed by atoms with Gasteiger partial charge < -0.3 is 37.2 Å². The lowest BCUT2D eigenvalue weighted by Crippen LogP contribution is -2.47. The molecule has 0 aliphatic carbocycles. The van der Waals surface area contributed by atoms with Crippen molar-refractivity contribution in [1.82, 2.24) is 35.9 Å². The van der Waals surface area contributed by atoms with Crippen LogP contribution < -0.4 is 32.6 Å². The first-order valence-corrected chi connectivity index (χ1v) is 12.1. The molecule has 3 rings (SSSR count). The largest absolute Gasteiger partial charge is 0.481 e. The SMILES string of the molecule is CNC(=O)[C@H](CC(=O)O)NC(=O)CC[C@H](NC(=O)c1ccc(NCc2cnc3nc(N)[nH]c(=O)c3n2)cc1)C(=O)O. The summed E-state index contributed by atoms with van der Waals surface area (Å²) >= 11 is 0. The number of carboxylic acid groups (broad SMARTS) is 2. The summed E-state index contributed by atoms with van der Waals surface area (Å²) in [5, 5.41) is 28.3. The van der Waals surface area contributed by atoms with Crippen LogP contribution in [0.3, 0.4) is 0 Å². The number of carbonyl (C=O) groups excluding carboxylic acids is 3. The number of nitrogen functional groups attached to an aromatic ring is 1. The lowest BCUT2D eigenvalue weighted by atomic mass is 10.1. The second-order valence-corrected chi connectivity index (χ2v) is 8.65. The molecule has 0 radical (unpaired) electrons. The Morgan fingerprint density at radius 1 is 1.02 bits per heavy atom. The summed E-state index contributed by atoms with van der Waals surface area (Å²) in [5.41, 5.74) is 6.28. The number of nitrogens with one attached hydrogen (secondary N) is 5. The van der Waals surface area contributed by atoms with E-state index >= 15 is 0 Å². The van der Waals surface area contributed by atoms with Crippen molar-refractivity contribution >= 4 is 52.5 Å². The first-order chi connectivity index (χ1) is 19.5. The minimum Gasteiger partial charge on any atom is -0.481 e. The predicted octanol–water partition coefficient (Wildman–Crippen LogP) is -1.42. The number of likely N-dealkylation sites (N-methyl/N-ethyl adjacent to an activating group) is 1. The van der Waals surface area contributed by atoms with Gasteiger partial charge in [-0.1, -0.05) is 0 Å². The number of nitrogens with two attached hydrogens (primary N) is 1. The second-order valence-electron chi connectivity index (χ2n) is 8.65. The van der Waals surface area contributed by atoms with Crippen molar-refractivity contribution in [2.45, 2.75) is 37.9 Å². The van der Waals surface area contributed by atoms with E-state index in [0.29, 0.717) is 11.4 Å². The average molecular weight is 570 g/mol. The van der Waals surface area contributed by atoms with Crippen LogP contribution in [0.15, 0.2) is 35.3 Å². The molecular weight excluding hydrogens is 542 g/mol. The Morgan fingerprint density at radius 3 is 2.37 bits per heavy atom. The van der Waals surface area contributed by atoms with Gasteiger partial charge in [-0.05, 0) is 30.7 Å². The molecule has 0 aliphatic rings. The molecule has 0 unspecified atom stereocenters. The van der Waals surface area contributed by atoms with Gasteiger partial charge in [-0.2, -0.15) is 4.98 Å². The van der Waals surface area contributed by atoms with Crippen LogP contribution in [0.25, 0.3) is 11.2 Å². The summed E-state index contributed by atoms with van der Waals surface area (Å²) in [6.07, 6.45) is 0.0795. The molecule has 0 aliphatic heterocycles. The molecule has 9 N–H and O–H groups in total. The number of nitrogens with zero attached hydrogens (tertiary/aromatic N) is 3. The van der Waals surface area contributed by atoms with Gasteiger partial charge in [-0.15, -0.1) is 0 Å². The van der Waals surface area contributed by atoms with Crippen LogP contribution in [0.2, 0.25) is 0 Å². The molecule has 2 aromatic heterocycles. The quantitative estimate of drug-likeness (QED) is 0.117. The Hall–Kier alpha value is -5.61. The number of aliphatic carboxylic acids is 2. The maximum absolute atomic E-state index is 12.6. The fourth-order valence-corrected chi connectivity index (χ4v) is 3.59. The lowest BCUT2D eigenvalue weighted by Gasteiger charge is -2.17. The van der Waals surface area contributed by atoms with Gasteiger partial charge in [0.25, 0.3) is 11.5 Å². The average Bonchev–Trinajstić information content (AvgIpc) is 2.93. The van der Waals surface area contributed by atoms with E-state index < -0.39 is 53.7 Å². The van der Waals surface area contributed by atoms with E-state index in [2.05, 4.69) is 41.2 Å². The number of fused-ring (bicyclic) bond motifs is 1. The number of carboxylic acids is 2. The third kappa shape index (κ3) is 8.44. The van der Waals surface area contributed by atoms with Gasteiger partial charge in [-0.3, -0.25) is 29.0 Å². The molecule has 17 nitrogen and oxygen atoms in total. The number of anilines is 2. The van der Waals surface area contributed by atoms with Crippen molar-refractivity contribution in [2.75, 3.05) is 18.1 Å². The number of hydrogen-bond donors (Lipinski definition) is 8. The molecule has 0 bridgehead atoms. The second kappa shape index (κ2) is 13.5. The minimum atomic E-state index is -1.43. The van der Waals surface area contributed by atoms with Crippen LogP contribution in [-0.4, -0.2) is 78.9 Å². The lowest BCUT2D eigenvalue weighted by molar-refractivity contribution is -0.140. The maximum Gasteiger partial charge on any atom is 0.326 e. The topological polar surface area (TPSA) is 271 Å². The Bertz CT molecular complexity index is 1520. The van der Waals surface area contributed by atoms with E-state index in [9.17, 15) is 33.9 Å². The number of amides is 3. The highest BCUT2D eigenvalue weighted by atomic mass is 16.4. The Balaban J connectivity index is 1.55. The van der Waals surface area contributed by atoms with Crippen molar-refractivity contribution in [3.63, 3.8) is 0 Å². The summed E-state index contributed by atoms with van der Waals surface area (Å²) in [6, 6.07) is 3.29. The predicted molar refractivity (Wildman–Crippen MR) is 143 cm³/mol. The van der Waals surface area contributed by atoms with Crippen molar-refractivity contribution in [1.29, 1.82) is 0 Å².